The highest BCUT2D eigenvalue weighted by Crippen LogP contribution is 2.26. The van der Waals surface area contributed by atoms with Gasteiger partial charge in [-0.2, -0.15) is 0 Å². The number of morpholine rings is 1. The van der Waals surface area contributed by atoms with Gasteiger partial charge in [0.05, 0.1) is 18.4 Å². The summed E-state index contributed by atoms with van der Waals surface area (Å²) in [5.74, 6) is 0.865. The molecule has 0 saturated carbocycles. The molecule has 3 fully saturated rings. The fourth-order valence-electron chi connectivity index (χ4n) is 4.06. The molecule has 4 rings (SSSR count). The number of amides is 2. The van der Waals surface area contributed by atoms with Crippen molar-refractivity contribution in [2.24, 2.45) is 0 Å². The smallest absolute Gasteiger partial charge is 0.319 e. The highest BCUT2D eigenvalue weighted by Gasteiger charge is 2.32. The fraction of sp³-hybridized carbons (Fsp3) is 0.667. The normalized spacial score (nSPS) is 26.5. The predicted molar refractivity (Wildman–Crippen MR) is 97.0 cm³/mol. The zero-order chi connectivity index (χ0) is 17.1. The molecular formula is C18H27N5O2. The number of hydrogen-bond acceptors (Lipinski definition) is 5. The second-order valence-electron chi connectivity index (χ2n) is 7.15. The maximum atomic E-state index is 12.3. The van der Waals surface area contributed by atoms with Gasteiger partial charge in [0.25, 0.3) is 0 Å². The van der Waals surface area contributed by atoms with Crippen LogP contribution < -0.4 is 15.5 Å². The number of carbonyl (C=O) groups excluding carboxylic acids is 1. The van der Waals surface area contributed by atoms with E-state index in [4.69, 9.17) is 4.74 Å². The van der Waals surface area contributed by atoms with Gasteiger partial charge in [-0.15, -0.1) is 0 Å². The van der Waals surface area contributed by atoms with E-state index in [0.717, 1.165) is 44.3 Å². The summed E-state index contributed by atoms with van der Waals surface area (Å²) in [4.78, 5) is 21.5. The van der Waals surface area contributed by atoms with Crippen molar-refractivity contribution in [3.63, 3.8) is 0 Å². The van der Waals surface area contributed by atoms with Crippen molar-refractivity contribution in [1.29, 1.82) is 0 Å². The molecule has 2 N–H and O–H groups in total. The Labute approximate surface area is 148 Å². The van der Waals surface area contributed by atoms with Gasteiger partial charge in [0, 0.05) is 38.4 Å². The van der Waals surface area contributed by atoms with Crippen molar-refractivity contribution in [2.75, 3.05) is 49.5 Å². The Morgan fingerprint density at radius 3 is 3.04 bits per heavy atom. The molecule has 3 aliphatic heterocycles. The van der Waals surface area contributed by atoms with E-state index in [1.165, 1.54) is 25.7 Å². The second-order valence-corrected chi connectivity index (χ2v) is 7.15. The number of aromatic nitrogens is 1. The number of fused-ring (bicyclic) bond motifs is 1. The van der Waals surface area contributed by atoms with Gasteiger partial charge in [0.15, 0.2) is 5.82 Å². The molecule has 3 aliphatic rings. The third-order valence-electron chi connectivity index (χ3n) is 5.39. The lowest BCUT2D eigenvalue weighted by Gasteiger charge is -2.35. The minimum absolute atomic E-state index is 0.0760. The van der Waals surface area contributed by atoms with Crippen LogP contribution in [0, 0.1) is 0 Å². The molecule has 0 spiro atoms. The molecule has 0 unspecified atom stereocenters. The number of hydrogen-bond donors (Lipinski definition) is 2. The van der Waals surface area contributed by atoms with Crippen molar-refractivity contribution in [3.8, 4) is 0 Å². The molecule has 0 aliphatic carbocycles. The van der Waals surface area contributed by atoms with Crippen LogP contribution in [0.25, 0.3) is 0 Å². The molecule has 1 aromatic heterocycles. The van der Waals surface area contributed by atoms with E-state index in [1.807, 2.05) is 12.1 Å². The minimum atomic E-state index is -0.194. The van der Waals surface area contributed by atoms with Crippen LogP contribution in [0.15, 0.2) is 18.3 Å². The van der Waals surface area contributed by atoms with Gasteiger partial charge in [-0.05, 0) is 44.4 Å². The monoisotopic (exact) mass is 345 g/mol. The van der Waals surface area contributed by atoms with Crippen LogP contribution in [0.1, 0.15) is 25.7 Å². The highest BCUT2D eigenvalue weighted by molar-refractivity contribution is 5.92. The van der Waals surface area contributed by atoms with Crippen LogP contribution in [0.3, 0.4) is 0 Å². The summed E-state index contributed by atoms with van der Waals surface area (Å²) in [7, 11) is 0. The van der Waals surface area contributed by atoms with Gasteiger partial charge < -0.3 is 20.3 Å². The topological polar surface area (TPSA) is 69.7 Å². The molecule has 7 nitrogen and oxygen atoms in total. The summed E-state index contributed by atoms with van der Waals surface area (Å²) in [5, 5.41) is 5.90. The molecule has 25 heavy (non-hydrogen) atoms. The van der Waals surface area contributed by atoms with Crippen LogP contribution in [-0.4, -0.2) is 67.4 Å². The summed E-state index contributed by atoms with van der Waals surface area (Å²) >= 11 is 0. The average molecular weight is 345 g/mol. The average Bonchev–Trinajstić information content (AvgIpc) is 3.31. The Morgan fingerprint density at radius 2 is 2.16 bits per heavy atom. The number of pyridine rings is 1. The first kappa shape index (κ1) is 16.6. The zero-order valence-electron chi connectivity index (χ0n) is 14.6. The third kappa shape index (κ3) is 3.88. The summed E-state index contributed by atoms with van der Waals surface area (Å²) in [6, 6.07) is 4.16. The molecule has 2 amide bonds. The summed E-state index contributed by atoms with van der Waals surface area (Å²) in [5.41, 5.74) is 0.770. The van der Waals surface area contributed by atoms with Crippen LogP contribution in [-0.2, 0) is 4.74 Å². The first-order valence-corrected chi connectivity index (χ1v) is 9.40. The van der Waals surface area contributed by atoms with E-state index in [1.54, 1.807) is 6.20 Å². The quantitative estimate of drug-likeness (QED) is 0.869. The Kier molecular flexibility index (Phi) is 5.03. The SMILES string of the molecule is O=C(NC[C@@H]1CN2CCC[C@H]2CO1)Nc1cccnc1N1CCCC1. The van der Waals surface area contributed by atoms with E-state index >= 15 is 0 Å². The molecule has 0 aromatic carbocycles. The number of nitrogens with zero attached hydrogens (tertiary/aromatic N) is 3. The van der Waals surface area contributed by atoms with E-state index in [-0.39, 0.29) is 12.1 Å². The molecular weight excluding hydrogens is 318 g/mol. The van der Waals surface area contributed by atoms with Crippen molar-refractivity contribution in [3.05, 3.63) is 18.3 Å². The van der Waals surface area contributed by atoms with Crippen molar-refractivity contribution < 1.29 is 9.53 Å². The zero-order valence-corrected chi connectivity index (χ0v) is 14.6. The van der Waals surface area contributed by atoms with Crippen LogP contribution in [0.2, 0.25) is 0 Å². The lowest BCUT2D eigenvalue weighted by molar-refractivity contribution is -0.0456. The largest absolute Gasteiger partial charge is 0.373 e. The first-order chi connectivity index (χ1) is 12.3. The molecule has 3 saturated heterocycles. The van der Waals surface area contributed by atoms with E-state index in [2.05, 4.69) is 25.4 Å². The number of anilines is 2. The number of rotatable bonds is 4. The van der Waals surface area contributed by atoms with E-state index < -0.39 is 0 Å². The van der Waals surface area contributed by atoms with Gasteiger partial charge in [-0.1, -0.05) is 0 Å². The molecule has 7 heteroatoms. The van der Waals surface area contributed by atoms with E-state index in [9.17, 15) is 4.79 Å². The summed E-state index contributed by atoms with van der Waals surface area (Å²) < 4.78 is 5.89. The van der Waals surface area contributed by atoms with Gasteiger partial charge in [-0.3, -0.25) is 4.90 Å². The lowest BCUT2D eigenvalue weighted by atomic mass is 10.2. The van der Waals surface area contributed by atoms with Crippen molar-refractivity contribution >= 4 is 17.5 Å². The van der Waals surface area contributed by atoms with Crippen molar-refractivity contribution in [1.82, 2.24) is 15.2 Å². The Balaban J connectivity index is 1.29. The van der Waals surface area contributed by atoms with Crippen LogP contribution in [0.5, 0.6) is 0 Å². The van der Waals surface area contributed by atoms with Crippen molar-refractivity contribution in [2.45, 2.75) is 37.8 Å². The second kappa shape index (κ2) is 7.58. The number of carbonyl (C=O) groups is 1. The van der Waals surface area contributed by atoms with Gasteiger partial charge in [-0.25, -0.2) is 9.78 Å². The van der Waals surface area contributed by atoms with Gasteiger partial charge in [0.1, 0.15) is 0 Å². The molecule has 0 bridgehead atoms. The summed E-state index contributed by atoms with van der Waals surface area (Å²) in [6.45, 7) is 5.40. The Morgan fingerprint density at radius 1 is 1.28 bits per heavy atom. The summed E-state index contributed by atoms with van der Waals surface area (Å²) in [6.07, 6.45) is 6.71. The van der Waals surface area contributed by atoms with Gasteiger partial charge in [0.2, 0.25) is 0 Å². The predicted octanol–water partition coefficient (Wildman–Crippen LogP) is 1.67. The maximum Gasteiger partial charge on any atom is 0.319 e. The fourth-order valence-corrected chi connectivity index (χ4v) is 4.06. The Bertz CT molecular complexity index is 605. The molecule has 2 atom stereocenters. The number of urea groups is 1. The molecule has 4 heterocycles. The first-order valence-electron chi connectivity index (χ1n) is 9.40. The van der Waals surface area contributed by atoms with E-state index in [0.29, 0.717) is 12.6 Å². The highest BCUT2D eigenvalue weighted by atomic mass is 16.5. The molecule has 136 valence electrons. The maximum absolute atomic E-state index is 12.3. The Hall–Kier alpha value is -1.86. The number of ether oxygens (including phenoxy) is 1. The lowest BCUT2D eigenvalue weighted by Crippen LogP contribution is -2.50. The van der Waals surface area contributed by atoms with Crippen LogP contribution in [0.4, 0.5) is 16.3 Å². The molecule has 0 radical (unpaired) electrons. The third-order valence-corrected chi connectivity index (χ3v) is 5.39. The minimum Gasteiger partial charge on any atom is -0.373 e. The van der Waals surface area contributed by atoms with Crippen LogP contribution >= 0.6 is 0 Å². The van der Waals surface area contributed by atoms with Gasteiger partial charge >= 0.3 is 6.03 Å². The standard InChI is InChI=1S/C18H27N5O2/c24-18(20-11-15-12-23-10-4-5-14(23)13-25-15)21-16-6-3-7-19-17(16)22-8-1-2-9-22/h3,6-7,14-15H,1-2,4-5,8-13H2,(H2,20,21,24)/t14-,15+/m0/s1. The molecule has 1 aromatic rings. The number of nitrogens with one attached hydrogen (secondary N) is 2.